The number of hydrogen-bond acceptors (Lipinski definition) is 5. The number of nitrogens with one attached hydrogen (secondary N) is 1. The topological polar surface area (TPSA) is 101 Å². The molecule has 0 radical (unpaired) electrons. The molecule has 0 aliphatic carbocycles. The standard InChI is InChI=1S/C17H14F3N3O4.C3H8O/c1-22-2-3-23-7-10(14(24)15(25)13(23)17(22)27)16(26)21-6-9-11(19)4-8(18)5-12(9)20;1-3-4-2/h4-5,7,25H,2-3,6H2,1H3,(H,21,26);3H2,1-2H3. The minimum absolute atomic E-state index is 0.235. The van der Waals surface area contributed by atoms with E-state index in [0.29, 0.717) is 18.7 Å². The second kappa shape index (κ2) is 10.1. The zero-order valence-corrected chi connectivity index (χ0v) is 17.2. The highest BCUT2D eigenvalue weighted by atomic mass is 19.1. The van der Waals surface area contributed by atoms with Crippen molar-refractivity contribution in [2.24, 2.45) is 0 Å². The fourth-order valence-corrected chi connectivity index (χ4v) is 2.76. The minimum Gasteiger partial charge on any atom is -0.503 e. The molecule has 0 fully saturated rings. The summed E-state index contributed by atoms with van der Waals surface area (Å²) in [6.45, 7) is 2.69. The van der Waals surface area contributed by atoms with E-state index in [1.807, 2.05) is 6.92 Å². The zero-order chi connectivity index (χ0) is 23.3. The van der Waals surface area contributed by atoms with Gasteiger partial charge in [0.2, 0.25) is 5.43 Å². The van der Waals surface area contributed by atoms with Crippen LogP contribution in [0.1, 0.15) is 33.3 Å². The molecule has 0 saturated heterocycles. The number of benzene rings is 1. The van der Waals surface area contributed by atoms with Gasteiger partial charge < -0.3 is 24.6 Å². The van der Waals surface area contributed by atoms with E-state index in [-0.39, 0.29) is 12.2 Å². The molecule has 168 valence electrons. The van der Waals surface area contributed by atoms with Crippen molar-refractivity contribution >= 4 is 11.8 Å². The van der Waals surface area contributed by atoms with E-state index in [9.17, 15) is 32.7 Å². The summed E-state index contributed by atoms with van der Waals surface area (Å²) in [5, 5.41) is 12.2. The lowest BCUT2D eigenvalue weighted by Crippen LogP contribution is -2.40. The molecule has 3 rings (SSSR count). The van der Waals surface area contributed by atoms with Crippen LogP contribution in [0.2, 0.25) is 0 Å². The monoisotopic (exact) mass is 441 g/mol. The number of amides is 2. The van der Waals surface area contributed by atoms with Crippen molar-refractivity contribution < 1.29 is 32.6 Å². The van der Waals surface area contributed by atoms with Gasteiger partial charge in [-0.15, -0.1) is 0 Å². The quantitative estimate of drug-likeness (QED) is 0.752. The van der Waals surface area contributed by atoms with E-state index >= 15 is 0 Å². The maximum Gasteiger partial charge on any atom is 0.274 e. The van der Waals surface area contributed by atoms with Crippen molar-refractivity contribution in [3.05, 3.63) is 62.8 Å². The third-order valence-corrected chi connectivity index (χ3v) is 4.55. The number of methoxy groups -OCH3 is 1. The Kier molecular flexibility index (Phi) is 7.81. The lowest BCUT2D eigenvalue weighted by atomic mass is 10.1. The molecule has 2 N–H and O–H groups in total. The molecule has 0 saturated carbocycles. The van der Waals surface area contributed by atoms with Gasteiger partial charge in [-0.3, -0.25) is 14.4 Å². The molecule has 2 aromatic rings. The van der Waals surface area contributed by atoms with Gasteiger partial charge in [-0.25, -0.2) is 13.2 Å². The van der Waals surface area contributed by atoms with Crippen LogP contribution in [-0.4, -0.2) is 53.7 Å². The van der Waals surface area contributed by atoms with Crippen LogP contribution in [0.3, 0.4) is 0 Å². The highest BCUT2D eigenvalue weighted by Gasteiger charge is 2.29. The molecule has 1 aliphatic rings. The molecule has 1 aromatic heterocycles. The molecule has 0 bridgehead atoms. The smallest absolute Gasteiger partial charge is 0.274 e. The largest absolute Gasteiger partial charge is 0.503 e. The fraction of sp³-hybridized carbons (Fsp3) is 0.350. The first-order valence-electron chi connectivity index (χ1n) is 9.24. The zero-order valence-electron chi connectivity index (χ0n) is 17.2. The SMILES string of the molecule is CCOC.CN1CCn2cc(C(=O)NCc3c(F)cc(F)cc3F)c(=O)c(O)c2C1=O. The summed E-state index contributed by atoms with van der Waals surface area (Å²) in [7, 11) is 3.18. The van der Waals surface area contributed by atoms with Crippen molar-refractivity contribution in [2.75, 3.05) is 27.3 Å². The van der Waals surface area contributed by atoms with Crippen LogP contribution in [0.5, 0.6) is 5.75 Å². The molecule has 1 aromatic carbocycles. The number of carbonyl (C=O) groups excluding carboxylic acids is 2. The molecule has 2 heterocycles. The summed E-state index contributed by atoms with van der Waals surface area (Å²) < 4.78 is 46.0. The first-order chi connectivity index (χ1) is 14.6. The van der Waals surface area contributed by atoms with Gasteiger partial charge in [-0.05, 0) is 6.92 Å². The van der Waals surface area contributed by atoms with E-state index in [1.54, 1.807) is 7.11 Å². The highest BCUT2D eigenvalue weighted by Crippen LogP contribution is 2.20. The van der Waals surface area contributed by atoms with Crippen LogP contribution >= 0.6 is 0 Å². The summed E-state index contributed by atoms with van der Waals surface area (Å²) in [6, 6.07) is 0.929. The molecule has 0 atom stereocenters. The second-order valence-electron chi connectivity index (χ2n) is 6.60. The maximum atomic E-state index is 13.6. The molecule has 11 heteroatoms. The molecule has 0 spiro atoms. The molecule has 8 nitrogen and oxygen atoms in total. The molecule has 2 amide bonds. The van der Waals surface area contributed by atoms with Crippen LogP contribution in [0.4, 0.5) is 13.2 Å². The van der Waals surface area contributed by atoms with Gasteiger partial charge in [0.05, 0.1) is 0 Å². The summed E-state index contributed by atoms with van der Waals surface area (Å²) >= 11 is 0. The molecule has 31 heavy (non-hydrogen) atoms. The average Bonchev–Trinajstić information content (AvgIpc) is 2.72. The van der Waals surface area contributed by atoms with Crippen LogP contribution in [0, 0.1) is 17.5 Å². The molecular weight excluding hydrogens is 419 g/mol. The number of aromatic hydroxyl groups is 1. The molecule has 0 unspecified atom stereocenters. The normalized spacial score (nSPS) is 12.7. The number of fused-ring (bicyclic) bond motifs is 1. The van der Waals surface area contributed by atoms with E-state index < -0.39 is 58.1 Å². The van der Waals surface area contributed by atoms with Gasteiger partial charge >= 0.3 is 0 Å². The Morgan fingerprint density at radius 3 is 2.32 bits per heavy atom. The molecule has 1 aliphatic heterocycles. The van der Waals surface area contributed by atoms with Gasteiger partial charge in [0, 0.05) is 64.3 Å². The first kappa shape index (κ1) is 23.9. The van der Waals surface area contributed by atoms with Gasteiger partial charge in [0.1, 0.15) is 23.0 Å². The maximum absolute atomic E-state index is 13.6. The number of carbonyl (C=O) groups is 2. The number of aromatic nitrogens is 1. The van der Waals surface area contributed by atoms with Crippen LogP contribution in [0.15, 0.2) is 23.1 Å². The van der Waals surface area contributed by atoms with Crippen molar-refractivity contribution in [1.29, 1.82) is 0 Å². The van der Waals surface area contributed by atoms with E-state index in [4.69, 9.17) is 0 Å². The summed E-state index contributed by atoms with van der Waals surface area (Å²) in [5.74, 6) is -5.93. The van der Waals surface area contributed by atoms with Crippen LogP contribution < -0.4 is 10.7 Å². The first-order valence-corrected chi connectivity index (χ1v) is 9.24. The van der Waals surface area contributed by atoms with Crippen molar-refractivity contribution in [3.8, 4) is 5.75 Å². The van der Waals surface area contributed by atoms with Gasteiger partial charge in [0.25, 0.3) is 11.8 Å². The third kappa shape index (κ3) is 5.23. The van der Waals surface area contributed by atoms with Crippen LogP contribution in [-0.2, 0) is 17.8 Å². The van der Waals surface area contributed by atoms with Crippen molar-refractivity contribution in [3.63, 3.8) is 0 Å². The molecular formula is C20H22F3N3O5. The van der Waals surface area contributed by atoms with E-state index in [1.165, 1.54) is 16.5 Å². The third-order valence-electron chi connectivity index (χ3n) is 4.55. The van der Waals surface area contributed by atoms with E-state index in [2.05, 4.69) is 10.1 Å². The Morgan fingerprint density at radius 1 is 1.19 bits per heavy atom. The predicted molar refractivity (Wildman–Crippen MR) is 104 cm³/mol. The Labute approximate surface area is 175 Å². The summed E-state index contributed by atoms with van der Waals surface area (Å²) in [4.78, 5) is 37.9. The number of ether oxygens (including phenoxy) is 1. The number of pyridine rings is 1. The number of likely N-dealkylation sites (N-methyl/N-ethyl adjacent to an activating group) is 1. The lowest BCUT2D eigenvalue weighted by molar-refractivity contribution is 0.0740. The second-order valence-corrected chi connectivity index (χ2v) is 6.60. The number of hydrogen-bond donors (Lipinski definition) is 2. The van der Waals surface area contributed by atoms with Crippen molar-refractivity contribution in [1.82, 2.24) is 14.8 Å². The Hall–Kier alpha value is -3.34. The number of nitrogens with zero attached hydrogens (tertiary/aromatic N) is 2. The number of halogens is 3. The lowest BCUT2D eigenvalue weighted by Gasteiger charge is -2.27. The summed E-state index contributed by atoms with van der Waals surface area (Å²) in [6.07, 6.45) is 1.11. The average molecular weight is 441 g/mol. The fourth-order valence-electron chi connectivity index (χ4n) is 2.76. The van der Waals surface area contributed by atoms with Crippen molar-refractivity contribution in [2.45, 2.75) is 20.0 Å². The summed E-state index contributed by atoms with van der Waals surface area (Å²) in [5.41, 5.74) is -2.39. The highest BCUT2D eigenvalue weighted by molar-refractivity contribution is 5.98. The van der Waals surface area contributed by atoms with E-state index in [0.717, 1.165) is 12.8 Å². The van der Waals surface area contributed by atoms with Crippen LogP contribution in [0.25, 0.3) is 0 Å². The Balaban J connectivity index is 0.000000785. The van der Waals surface area contributed by atoms with Gasteiger partial charge in [-0.2, -0.15) is 0 Å². The van der Waals surface area contributed by atoms with Gasteiger partial charge in [-0.1, -0.05) is 0 Å². The minimum atomic E-state index is -1.19. The number of rotatable bonds is 4. The Morgan fingerprint density at radius 2 is 1.77 bits per heavy atom. The van der Waals surface area contributed by atoms with Gasteiger partial charge in [0.15, 0.2) is 11.4 Å². The Bertz CT molecular complexity index is 1030. The predicted octanol–water partition coefficient (Wildman–Crippen LogP) is 1.64.